The molecule has 0 aliphatic rings. The van der Waals surface area contributed by atoms with Crippen molar-refractivity contribution in [1.82, 2.24) is 0 Å². The lowest BCUT2D eigenvalue weighted by molar-refractivity contribution is 0.0696. The minimum Gasteiger partial charge on any atom is -0.478 e. The first-order chi connectivity index (χ1) is 6.97. The van der Waals surface area contributed by atoms with Crippen LogP contribution in [0.5, 0.6) is 0 Å². The Morgan fingerprint density at radius 3 is 1.87 bits per heavy atom. The summed E-state index contributed by atoms with van der Waals surface area (Å²) in [6.07, 6.45) is 0. The van der Waals surface area contributed by atoms with Crippen molar-refractivity contribution in [2.24, 2.45) is 5.84 Å². The molecule has 0 saturated carbocycles. The summed E-state index contributed by atoms with van der Waals surface area (Å²) in [6, 6.07) is 2.56. The SMILES string of the molecule is Cc1c(C(=O)O)cc(NN)cc1C(=O)O. The summed E-state index contributed by atoms with van der Waals surface area (Å²) in [6.45, 7) is 1.44. The Hall–Kier alpha value is -2.08. The van der Waals surface area contributed by atoms with E-state index in [0.717, 1.165) is 0 Å². The maximum absolute atomic E-state index is 10.8. The van der Waals surface area contributed by atoms with Crippen LogP contribution in [0.15, 0.2) is 12.1 Å². The van der Waals surface area contributed by atoms with Gasteiger partial charge in [-0.3, -0.25) is 5.84 Å². The van der Waals surface area contributed by atoms with Gasteiger partial charge in [-0.1, -0.05) is 0 Å². The molecule has 0 aromatic heterocycles. The molecular weight excluding hydrogens is 200 g/mol. The zero-order valence-corrected chi connectivity index (χ0v) is 7.94. The van der Waals surface area contributed by atoms with Crippen molar-refractivity contribution < 1.29 is 19.8 Å². The molecule has 1 aromatic carbocycles. The molecule has 5 N–H and O–H groups in total. The number of hydrogen-bond acceptors (Lipinski definition) is 4. The van der Waals surface area contributed by atoms with Crippen LogP contribution in [0.3, 0.4) is 0 Å². The quantitative estimate of drug-likeness (QED) is 0.431. The highest BCUT2D eigenvalue weighted by atomic mass is 16.4. The average molecular weight is 210 g/mol. The second kappa shape index (κ2) is 3.97. The number of carboxylic acid groups (broad SMARTS) is 2. The van der Waals surface area contributed by atoms with Gasteiger partial charge in [-0.05, 0) is 24.6 Å². The Labute approximate surface area is 85.3 Å². The number of nitrogen functional groups attached to an aromatic ring is 1. The Morgan fingerprint density at radius 2 is 1.60 bits per heavy atom. The predicted octanol–water partition coefficient (Wildman–Crippen LogP) is 0.677. The first kappa shape index (κ1) is 11.0. The van der Waals surface area contributed by atoms with E-state index in [4.69, 9.17) is 16.1 Å². The van der Waals surface area contributed by atoms with Crippen LogP contribution >= 0.6 is 0 Å². The van der Waals surface area contributed by atoms with Crippen molar-refractivity contribution in [1.29, 1.82) is 0 Å². The third-order valence-corrected chi connectivity index (χ3v) is 2.04. The van der Waals surface area contributed by atoms with Gasteiger partial charge in [-0.15, -0.1) is 0 Å². The highest BCUT2D eigenvalue weighted by molar-refractivity contribution is 5.98. The summed E-state index contributed by atoms with van der Waals surface area (Å²) in [4.78, 5) is 21.6. The van der Waals surface area contributed by atoms with E-state index in [1.165, 1.54) is 19.1 Å². The smallest absolute Gasteiger partial charge is 0.336 e. The van der Waals surface area contributed by atoms with Crippen LogP contribution in [0.25, 0.3) is 0 Å². The average Bonchev–Trinajstić information content (AvgIpc) is 2.17. The van der Waals surface area contributed by atoms with E-state index in [1.807, 2.05) is 0 Å². The van der Waals surface area contributed by atoms with Gasteiger partial charge in [0.1, 0.15) is 0 Å². The standard InChI is InChI=1S/C9H10N2O4/c1-4-6(8(12)13)2-5(11-10)3-7(4)9(14)15/h2-3,11H,10H2,1H3,(H,12,13)(H,14,15). The summed E-state index contributed by atoms with van der Waals surface area (Å²) in [5, 5.41) is 17.7. The van der Waals surface area contributed by atoms with Crippen molar-refractivity contribution in [2.75, 3.05) is 5.43 Å². The van der Waals surface area contributed by atoms with Crippen molar-refractivity contribution in [2.45, 2.75) is 6.92 Å². The fourth-order valence-corrected chi connectivity index (χ4v) is 1.24. The third kappa shape index (κ3) is 2.05. The van der Waals surface area contributed by atoms with Gasteiger partial charge in [-0.25, -0.2) is 9.59 Å². The lowest BCUT2D eigenvalue weighted by atomic mass is 10.0. The molecule has 0 atom stereocenters. The molecule has 0 spiro atoms. The first-order valence-corrected chi connectivity index (χ1v) is 4.05. The van der Waals surface area contributed by atoms with Gasteiger partial charge in [-0.2, -0.15) is 0 Å². The van der Waals surface area contributed by atoms with Crippen LogP contribution in [-0.2, 0) is 0 Å². The fraction of sp³-hybridized carbons (Fsp3) is 0.111. The molecule has 1 aromatic rings. The van der Waals surface area contributed by atoms with Crippen LogP contribution in [0.2, 0.25) is 0 Å². The summed E-state index contributed by atoms with van der Waals surface area (Å²) in [5.41, 5.74) is 2.51. The lowest BCUT2D eigenvalue weighted by Crippen LogP contribution is -2.12. The number of nitrogens with one attached hydrogen (secondary N) is 1. The summed E-state index contributed by atoms with van der Waals surface area (Å²) in [7, 11) is 0. The highest BCUT2D eigenvalue weighted by Crippen LogP contribution is 2.20. The van der Waals surface area contributed by atoms with E-state index in [9.17, 15) is 9.59 Å². The van der Waals surface area contributed by atoms with Crippen molar-refractivity contribution >= 4 is 17.6 Å². The molecule has 0 saturated heterocycles. The minimum absolute atomic E-state index is 0.0807. The number of benzene rings is 1. The van der Waals surface area contributed by atoms with E-state index in [1.54, 1.807) is 0 Å². The number of nitrogens with two attached hydrogens (primary N) is 1. The highest BCUT2D eigenvalue weighted by Gasteiger charge is 2.16. The van der Waals surface area contributed by atoms with E-state index >= 15 is 0 Å². The number of aromatic carboxylic acids is 2. The van der Waals surface area contributed by atoms with Crippen LogP contribution in [0, 0.1) is 6.92 Å². The normalized spacial score (nSPS) is 9.73. The Kier molecular flexibility index (Phi) is 2.91. The minimum atomic E-state index is -1.19. The molecule has 80 valence electrons. The Balaban J connectivity index is 3.47. The Morgan fingerprint density at radius 1 is 1.20 bits per heavy atom. The monoisotopic (exact) mass is 210 g/mol. The predicted molar refractivity (Wildman–Crippen MR) is 52.9 cm³/mol. The zero-order chi connectivity index (χ0) is 11.6. The fourth-order valence-electron chi connectivity index (χ4n) is 1.24. The summed E-state index contributed by atoms with van der Waals surface area (Å²) >= 11 is 0. The molecule has 0 heterocycles. The van der Waals surface area contributed by atoms with E-state index in [2.05, 4.69) is 5.43 Å². The molecule has 1 rings (SSSR count). The second-order valence-electron chi connectivity index (χ2n) is 2.95. The van der Waals surface area contributed by atoms with Gasteiger partial charge >= 0.3 is 11.9 Å². The van der Waals surface area contributed by atoms with Gasteiger partial charge in [0.05, 0.1) is 16.8 Å². The molecule has 0 unspecified atom stereocenters. The molecule has 0 aliphatic heterocycles. The number of carbonyl (C=O) groups is 2. The number of hydrazine groups is 1. The van der Waals surface area contributed by atoms with Crippen molar-refractivity contribution in [3.8, 4) is 0 Å². The van der Waals surface area contributed by atoms with Gasteiger partial charge < -0.3 is 15.6 Å². The van der Waals surface area contributed by atoms with Crippen molar-refractivity contribution in [3.05, 3.63) is 28.8 Å². The summed E-state index contributed by atoms with van der Waals surface area (Å²) in [5.74, 6) is 2.73. The number of hydrogen-bond donors (Lipinski definition) is 4. The van der Waals surface area contributed by atoms with Crippen LogP contribution in [0.1, 0.15) is 26.3 Å². The molecule has 0 fully saturated rings. The largest absolute Gasteiger partial charge is 0.478 e. The maximum Gasteiger partial charge on any atom is 0.336 e. The maximum atomic E-state index is 10.8. The molecule has 0 radical (unpaired) electrons. The number of anilines is 1. The number of rotatable bonds is 3. The van der Waals surface area contributed by atoms with Gasteiger partial charge in [0, 0.05) is 0 Å². The molecule has 0 amide bonds. The van der Waals surface area contributed by atoms with E-state index < -0.39 is 11.9 Å². The third-order valence-electron chi connectivity index (χ3n) is 2.04. The topological polar surface area (TPSA) is 113 Å². The van der Waals surface area contributed by atoms with Gasteiger partial charge in [0.2, 0.25) is 0 Å². The van der Waals surface area contributed by atoms with Gasteiger partial charge in [0.15, 0.2) is 0 Å². The Bertz CT molecular complexity index is 393. The van der Waals surface area contributed by atoms with E-state index in [0.29, 0.717) is 0 Å². The number of carboxylic acids is 2. The summed E-state index contributed by atoms with van der Waals surface area (Å²) < 4.78 is 0. The molecule has 0 aliphatic carbocycles. The van der Waals surface area contributed by atoms with Crippen LogP contribution in [0.4, 0.5) is 5.69 Å². The molecule has 6 nitrogen and oxygen atoms in total. The van der Waals surface area contributed by atoms with Crippen molar-refractivity contribution in [3.63, 3.8) is 0 Å². The van der Waals surface area contributed by atoms with Crippen LogP contribution < -0.4 is 11.3 Å². The van der Waals surface area contributed by atoms with E-state index in [-0.39, 0.29) is 22.4 Å². The molecular formula is C9H10N2O4. The molecule has 15 heavy (non-hydrogen) atoms. The van der Waals surface area contributed by atoms with Gasteiger partial charge in [0.25, 0.3) is 0 Å². The molecule has 0 bridgehead atoms. The lowest BCUT2D eigenvalue weighted by Gasteiger charge is -2.08. The second-order valence-corrected chi connectivity index (χ2v) is 2.95. The zero-order valence-electron chi connectivity index (χ0n) is 7.94. The molecule has 6 heteroatoms. The first-order valence-electron chi connectivity index (χ1n) is 4.05. The van der Waals surface area contributed by atoms with Crippen LogP contribution in [-0.4, -0.2) is 22.2 Å².